The fraction of sp³-hybridized carbons (Fsp3) is 0.588. The Morgan fingerprint density at radius 2 is 1.96 bits per heavy atom. The van der Waals surface area contributed by atoms with Crippen LogP contribution >= 0.6 is 24.2 Å². The van der Waals surface area contributed by atoms with Gasteiger partial charge in [0.25, 0.3) is 0 Å². The van der Waals surface area contributed by atoms with Crippen molar-refractivity contribution >= 4 is 30.1 Å². The molecule has 0 aliphatic carbocycles. The number of ether oxygens (including phenoxy) is 2. The number of hydrogen-bond donors (Lipinski definition) is 1. The van der Waals surface area contributed by atoms with E-state index in [0.29, 0.717) is 12.3 Å². The van der Waals surface area contributed by atoms with Crippen molar-refractivity contribution in [1.82, 2.24) is 4.90 Å². The SMILES string of the molecule is COc1ccc(SCC(=O)N2CCC(OCCCN)CC2)cc1.Cl. The van der Waals surface area contributed by atoms with Crippen LogP contribution in [0.2, 0.25) is 0 Å². The van der Waals surface area contributed by atoms with E-state index in [1.807, 2.05) is 29.2 Å². The number of amides is 1. The Kier molecular flexibility index (Phi) is 10.2. The van der Waals surface area contributed by atoms with Gasteiger partial charge < -0.3 is 20.1 Å². The molecule has 0 spiro atoms. The van der Waals surface area contributed by atoms with Crippen LogP contribution < -0.4 is 10.5 Å². The number of benzene rings is 1. The highest BCUT2D eigenvalue weighted by atomic mass is 35.5. The van der Waals surface area contributed by atoms with Crippen molar-refractivity contribution in [2.24, 2.45) is 5.73 Å². The van der Waals surface area contributed by atoms with Gasteiger partial charge in [0.05, 0.1) is 19.0 Å². The van der Waals surface area contributed by atoms with Gasteiger partial charge in [-0.05, 0) is 50.1 Å². The lowest BCUT2D eigenvalue weighted by Gasteiger charge is -2.32. The van der Waals surface area contributed by atoms with Crippen LogP contribution in [0.25, 0.3) is 0 Å². The van der Waals surface area contributed by atoms with Gasteiger partial charge in [-0.15, -0.1) is 24.2 Å². The minimum Gasteiger partial charge on any atom is -0.497 e. The summed E-state index contributed by atoms with van der Waals surface area (Å²) in [6.45, 7) is 2.97. The predicted octanol–water partition coefficient (Wildman–Crippen LogP) is 2.57. The highest BCUT2D eigenvalue weighted by Crippen LogP contribution is 2.22. The van der Waals surface area contributed by atoms with E-state index in [1.54, 1.807) is 18.9 Å². The number of rotatable bonds is 8. The molecule has 0 atom stereocenters. The zero-order valence-corrected chi connectivity index (χ0v) is 15.7. The first-order valence-corrected chi connectivity index (χ1v) is 9.07. The molecular formula is C17H27ClN2O3S. The number of carbonyl (C=O) groups is 1. The normalized spacial score (nSPS) is 15.0. The number of carbonyl (C=O) groups excluding carboxylic acids is 1. The van der Waals surface area contributed by atoms with Crippen LogP contribution in [0.5, 0.6) is 5.75 Å². The quantitative estimate of drug-likeness (QED) is 0.559. The maximum Gasteiger partial charge on any atom is 0.232 e. The molecule has 1 aromatic rings. The summed E-state index contributed by atoms with van der Waals surface area (Å²) < 4.78 is 10.9. The van der Waals surface area contributed by atoms with Crippen LogP contribution in [0.3, 0.4) is 0 Å². The Balaban J connectivity index is 0.00000288. The van der Waals surface area contributed by atoms with Crippen LogP contribution in [0, 0.1) is 0 Å². The Morgan fingerprint density at radius 3 is 2.54 bits per heavy atom. The Hall–Kier alpha value is -0.950. The molecule has 2 N–H and O–H groups in total. The number of nitrogens with two attached hydrogens (primary N) is 1. The van der Waals surface area contributed by atoms with Gasteiger partial charge in [-0.3, -0.25) is 4.79 Å². The zero-order valence-electron chi connectivity index (χ0n) is 14.1. The summed E-state index contributed by atoms with van der Waals surface area (Å²) in [5.74, 6) is 1.51. The summed E-state index contributed by atoms with van der Waals surface area (Å²) in [6.07, 6.45) is 3.02. The van der Waals surface area contributed by atoms with Crippen LogP contribution in [0.15, 0.2) is 29.2 Å². The van der Waals surface area contributed by atoms with Gasteiger partial charge in [0.2, 0.25) is 5.91 Å². The first-order valence-electron chi connectivity index (χ1n) is 8.09. The third-order valence-corrected chi connectivity index (χ3v) is 4.92. The summed E-state index contributed by atoms with van der Waals surface area (Å²) in [5.41, 5.74) is 5.46. The van der Waals surface area contributed by atoms with Crippen molar-refractivity contribution in [2.45, 2.75) is 30.3 Å². The molecule has 1 amide bonds. The number of likely N-dealkylation sites (tertiary alicyclic amines) is 1. The average molecular weight is 375 g/mol. The molecule has 1 aliphatic heterocycles. The first-order chi connectivity index (χ1) is 11.2. The number of thioether (sulfide) groups is 1. The van der Waals surface area contributed by atoms with Crippen molar-refractivity contribution in [3.63, 3.8) is 0 Å². The van der Waals surface area contributed by atoms with E-state index in [4.69, 9.17) is 15.2 Å². The van der Waals surface area contributed by atoms with Crippen LogP contribution in [0.1, 0.15) is 19.3 Å². The van der Waals surface area contributed by atoms with Crippen molar-refractivity contribution < 1.29 is 14.3 Å². The number of halogens is 1. The maximum absolute atomic E-state index is 12.3. The molecule has 0 radical (unpaired) electrons. The fourth-order valence-electron chi connectivity index (χ4n) is 2.51. The van der Waals surface area contributed by atoms with Crippen LogP contribution in [-0.4, -0.2) is 56.0 Å². The number of methoxy groups -OCH3 is 1. The molecule has 0 unspecified atom stereocenters. The first kappa shape index (κ1) is 21.1. The van der Waals surface area contributed by atoms with E-state index >= 15 is 0 Å². The minimum absolute atomic E-state index is 0. The van der Waals surface area contributed by atoms with Gasteiger partial charge in [-0.2, -0.15) is 0 Å². The molecule has 136 valence electrons. The van der Waals surface area contributed by atoms with Crippen molar-refractivity contribution in [3.05, 3.63) is 24.3 Å². The molecule has 0 saturated carbocycles. The van der Waals surface area contributed by atoms with Gasteiger partial charge in [0, 0.05) is 24.6 Å². The molecule has 0 aromatic heterocycles. The summed E-state index contributed by atoms with van der Waals surface area (Å²) in [7, 11) is 1.65. The molecule has 7 heteroatoms. The van der Waals surface area contributed by atoms with Crippen molar-refractivity contribution in [1.29, 1.82) is 0 Å². The van der Waals surface area contributed by atoms with E-state index in [0.717, 1.165) is 49.6 Å². The van der Waals surface area contributed by atoms with E-state index in [-0.39, 0.29) is 24.4 Å². The minimum atomic E-state index is 0. The molecule has 1 heterocycles. The number of nitrogens with zero attached hydrogens (tertiary/aromatic N) is 1. The molecule has 5 nitrogen and oxygen atoms in total. The lowest BCUT2D eigenvalue weighted by molar-refractivity contribution is -0.130. The topological polar surface area (TPSA) is 64.8 Å². The third kappa shape index (κ3) is 6.89. The number of piperidine rings is 1. The summed E-state index contributed by atoms with van der Waals surface area (Å²) >= 11 is 1.57. The predicted molar refractivity (Wildman–Crippen MR) is 100 cm³/mol. The highest BCUT2D eigenvalue weighted by Gasteiger charge is 2.22. The summed E-state index contributed by atoms with van der Waals surface area (Å²) in [5, 5.41) is 0. The second-order valence-corrected chi connectivity index (χ2v) is 6.61. The second kappa shape index (κ2) is 11.6. The van der Waals surface area contributed by atoms with Gasteiger partial charge in [0.15, 0.2) is 0 Å². The molecule has 1 fully saturated rings. The summed E-state index contributed by atoms with van der Waals surface area (Å²) in [4.78, 5) is 15.3. The molecule has 24 heavy (non-hydrogen) atoms. The van der Waals surface area contributed by atoms with Gasteiger partial charge in [-0.1, -0.05) is 0 Å². The standard InChI is InChI=1S/C17H26N2O3S.ClH/c1-21-14-3-5-16(6-4-14)23-13-17(20)19-10-7-15(8-11-19)22-12-2-9-18;/h3-6,15H,2,7-13,18H2,1H3;1H. The Bertz CT molecular complexity index is 479. The third-order valence-electron chi connectivity index (χ3n) is 3.92. The largest absolute Gasteiger partial charge is 0.497 e. The van der Waals surface area contributed by atoms with Crippen molar-refractivity contribution in [2.75, 3.05) is 39.1 Å². The van der Waals surface area contributed by atoms with Gasteiger partial charge in [-0.25, -0.2) is 0 Å². The molecule has 1 saturated heterocycles. The Morgan fingerprint density at radius 1 is 1.29 bits per heavy atom. The molecule has 1 aliphatic rings. The second-order valence-electron chi connectivity index (χ2n) is 5.56. The lowest BCUT2D eigenvalue weighted by Crippen LogP contribution is -2.41. The average Bonchev–Trinajstić information content (AvgIpc) is 2.61. The van der Waals surface area contributed by atoms with E-state index in [2.05, 4.69) is 0 Å². The van der Waals surface area contributed by atoms with Crippen molar-refractivity contribution in [3.8, 4) is 5.75 Å². The molecule has 0 bridgehead atoms. The molecular weight excluding hydrogens is 348 g/mol. The smallest absolute Gasteiger partial charge is 0.232 e. The van der Waals surface area contributed by atoms with E-state index < -0.39 is 0 Å². The van der Waals surface area contributed by atoms with Crippen LogP contribution in [0.4, 0.5) is 0 Å². The zero-order chi connectivity index (χ0) is 16.5. The summed E-state index contributed by atoms with van der Waals surface area (Å²) in [6, 6.07) is 7.79. The monoisotopic (exact) mass is 374 g/mol. The van der Waals surface area contributed by atoms with Gasteiger partial charge in [0.1, 0.15) is 5.75 Å². The molecule has 1 aromatic carbocycles. The van der Waals surface area contributed by atoms with Gasteiger partial charge >= 0.3 is 0 Å². The van der Waals surface area contributed by atoms with E-state index in [1.165, 1.54) is 0 Å². The molecule has 2 rings (SSSR count). The maximum atomic E-state index is 12.3. The Labute approximate surface area is 154 Å². The van der Waals surface area contributed by atoms with Crippen LogP contribution in [-0.2, 0) is 9.53 Å². The lowest BCUT2D eigenvalue weighted by atomic mass is 10.1. The fourth-order valence-corrected chi connectivity index (χ4v) is 3.31. The highest BCUT2D eigenvalue weighted by molar-refractivity contribution is 8.00. The van der Waals surface area contributed by atoms with E-state index in [9.17, 15) is 4.79 Å². The number of hydrogen-bond acceptors (Lipinski definition) is 5.